The summed E-state index contributed by atoms with van der Waals surface area (Å²) in [7, 11) is 0. The predicted molar refractivity (Wildman–Crippen MR) is 226 cm³/mol. The number of furan rings is 1. The molecule has 267 valence electrons. The van der Waals surface area contributed by atoms with E-state index >= 15 is 0 Å². The maximum atomic E-state index is 8.39. The largest absolute Gasteiger partial charge is 0.500 e. The minimum absolute atomic E-state index is 0. The van der Waals surface area contributed by atoms with Crippen molar-refractivity contribution < 1.29 is 31.4 Å². The quantitative estimate of drug-likeness (QED) is 0.165. The monoisotopic (exact) mass is 918 g/mol. The molecule has 0 unspecified atom stereocenters. The van der Waals surface area contributed by atoms with Crippen molar-refractivity contribution in [3.63, 3.8) is 0 Å². The summed E-state index contributed by atoms with van der Waals surface area (Å²) in [6, 6.07) is 47.9. The Hall–Kier alpha value is -4.97. The number of fused-ring (bicyclic) bond motifs is 8. The number of thiazole rings is 1. The van der Waals surface area contributed by atoms with Crippen molar-refractivity contribution in [2.24, 2.45) is 5.41 Å². The Morgan fingerprint density at radius 1 is 0.778 bits per heavy atom. The SMILES string of the molecule is [2H]C([2H])([2H])c1c[c-]c(-c2ccc(C([2H])([2H])C(C)(C)C)cn2)cc1-c1ccccc1.[Ir].[c-]1ccc2c(oc3c4ccccc4ccc23)c1-c1nc2sc3ccccc3c2s1. The van der Waals surface area contributed by atoms with E-state index in [2.05, 4.69) is 83.8 Å². The number of aromatic nitrogens is 2. The molecule has 0 amide bonds. The molecule has 0 N–H and O–H groups in total. The molecule has 0 aliphatic heterocycles. The number of aryl methyl sites for hydroxylation is 1. The first-order valence-corrected chi connectivity index (χ1v) is 19.0. The van der Waals surface area contributed by atoms with Crippen molar-refractivity contribution in [1.82, 2.24) is 9.97 Å². The number of thiophene rings is 1. The zero-order chi connectivity index (χ0) is 40.4. The van der Waals surface area contributed by atoms with Crippen LogP contribution in [0.25, 0.3) is 85.3 Å². The van der Waals surface area contributed by atoms with Crippen LogP contribution in [0.4, 0.5) is 0 Å². The third-order valence-corrected chi connectivity index (χ3v) is 11.4. The van der Waals surface area contributed by atoms with Crippen LogP contribution in [-0.2, 0) is 26.5 Å². The molecule has 6 heteroatoms. The maximum Gasteiger partial charge on any atom is 0.128 e. The molecule has 0 saturated heterocycles. The molecule has 1 radical (unpaired) electrons. The molecular weight excluding hydrogens is 877 g/mol. The van der Waals surface area contributed by atoms with E-state index in [0.29, 0.717) is 22.4 Å². The van der Waals surface area contributed by atoms with E-state index in [1.807, 2.05) is 57.2 Å². The Morgan fingerprint density at radius 3 is 2.35 bits per heavy atom. The van der Waals surface area contributed by atoms with Crippen LogP contribution in [0.1, 0.15) is 38.8 Å². The van der Waals surface area contributed by atoms with Gasteiger partial charge in [0.15, 0.2) is 0 Å². The molecule has 54 heavy (non-hydrogen) atoms. The summed E-state index contributed by atoms with van der Waals surface area (Å²) in [6.07, 6.45) is 0.0246. The van der Waals surface area contributed by atoms with Crippen LogP contribution in [0.2, 0.25) is 0 Å². The van der Waals surface area contributed by atoms with Gasteiger partial charge < -0.3 is 9.40 Å². The third kappa shape index (κ3) is 6.92. The first kappa shape index (κ1) is 30.4. The van der Waals surface area contributed by atoms with E-state index in [1.54, 1.807) is 47.1 Å². The smallest absolute Gasteiger partial charge is 0.128 e. The summed E-state index contributed by atoms with van der Waals surface area (Å²) in [5, 5.41) is 6.81. The molecule has 4 heterocycles. The fourth-order valence-electron chi connectivity index (χ4n) is 6.68. The summed E-state index contributed by atoms with van der Waals surface area (Å²) in [6.45, 7) is 3.32. The van der Waals surface area contributed by atoms with Crippen molar-refractivity contribution in [3.05, 3.63) is 157 Å². The summed E-state index contributed by atoms with van der Waals surface area (Å²) in [4.78, 5) is 10.5. The van der Waals surface area contributed by atoms with Gasteiger partial charge in [0.2, 0.25) is 0 Å². The fraction of sp³-hybridized carbons (Fsp3) is 0.125. The van der Waals surface area contributed by atoms with Gasteiger partial charge in [-0.3, -0.25) is 4.98 Å². The van der Waals surface area contributed by atoms with Gasteiger partial charge in [-0.05, 0) is 40.1 Å². The number of hydrogen-bond donors (Lipinski definition) is 0. The van der Waals surface area contributed by atoms with Gasteiger partial charge in [0.25, 0.3) is 0 Å². The van der Waals surface area contributed by atoms with Crippen molar-refractivity contribution in [2.45, 2.75) is 34.0 Å². The Bertz CT molecular complexity index is 3130. The molecule has 3 nitrogen and oxygen atoms in total. The fourth-order valence-corrected chi connectivity index (χ4v) is 9.04. The van der Waals surface area contributed by atoms with Crippen molar-refractivity contribution >= 4 is 75.0 Å². The summed E-state index contributed by atoms with van der Waals surface area (Å²) in [5.41, 5.74) is 5.65. The molecule has 0 fully saturated rings. The number of pyridine rings is 1. The van der Waals surface area contributed by atoms with E-state index in [-0.39, 0.29) is 25.7 Å². The Labute approximate surface area is 343 Å². The third-order valence-electron chi connectivity index (χ3n) is 9.07. The van der Waals surface area contributed by atoms with Gasteiger partial charge in [-0.15, -0.1) is 58.9 Å². The summed E-state index contributed by atoms with van der Waals surface area (Å²) < 4.78 is 49.3. The zero-order valence-corrected chi connectivity index (χ0v) is 33.7. The number of benzene rings is 6. The topological polar surface area (TPSA) is 38.9 Å². The molecule has 10 rings (SSSR count). The average Bonchev–Trinajstić information content (AvgIpc) is 3.92. The van der Waals surface area contributed by atoms with E-state index in [9.17, 15) is 0 Å². The summed E-state index contributed by atoms with van der Waals surface area (Å²) in [5.74, 6) is 0. The van der Waals surface area contributed by atoms with Crippen LogP contribution in [0.15, 0.2) is 138 Å². The molecule has 4 aromatic heterocycles. The molecule has 0 aliphatic rings. The molecule has 0 spiro atoms. The van der Waals surface area contributed by atoms with Gasteiger partial charge >= 0.3 is 0 Å². The molecule has 0 bridgehead atoms. The van der Waals surface area contributed by atoms with Crippen LogP contribution in [0.3, 0.4) is 0 Å². The van der Waals surface area contributed by atoms with Gasteiger partial charge in [0.05, 0.1) is 10.3 Å². The standard InChI is InChI=1S/C25H12NOS2.C23H24N.Ir/c1-2-7-15-14(6-1)12-13-17-16-9-5-10-19(22(16)27-21(15)17)24-26-25-23(29-24)18-8-3-4-11-20(18)28-25;1-17-10-12-20(14-21(17)19-8-6-5-7-9-19)22-13-11-18(16-24-22)15-23(2,3)4;/h1-9,11-13H;5-11,13-14,16H,15H2,1-4H3;/q2*-1;/i;1D3,15D2;. The van der Waals surface area contributed by atoms with Crippen LogP contribution in [0, 0.1) is 24.4 Å². The second-order valence-corrected chi connectivity index (χ2v) is 16.0. The van der Waals surface area contributed by atoms with Crippen LogP contribution in [0.5, 0.6) is 0 Å². The second kappa shape index (κ2) is 14.7. The maximum absolute atomic E-state index is 8.39. The second-order valence-electron chi connectivity index (χ2n) is 14.0. The van der Waals surface area contributed by atoms with E-state index in [4.69, 9.17) is 16.3 Å². The molecule has 0 saturated carbocycles. The van der Waals surface area contributed by atoms with Crippen LogP contribution >= 0.6 is 22.7 Å². The molecule has 6 aromatic carbocycles. The van der Waals surface area contributed by atoms with Gasteiger partial charge in [-0.2, -0.15) is 11.3 Å². The van der Waals surface area contributed by atoms with E-state index in [0.717, 1.165) is 48.3 Å². The van der Waals surface area contributed by atoms with Crippen molar-refractivity contribution in [2.75, 3.05) is 0 Å². The summed E-state index contributed by atoms with van der Waals surface area (Å²) >= 11 is 3.47. The predicted octanol–water partition coefficient (Wildman–Crippen LogP) is 14.1. The normalized spacial score (nSPS) is 13.5. The average molecular weight is 918 g/mol. The van der Waals surface area contributed by atoms with Crippen LogP contribution < -0.4 is 0 Å². The van der Waals surface area contributed by atoms with Gasteiger partial charge in [-0.25, -0.2) is 0 Å². The molecule has 0 atom stereocenters. The van der Waals surface area contributed by atoms with Crippen molar-refractivity contribution in [3.8, 4) is 33.0 Å². The first-order chi connectivity index (χ1) is 27.8. The Balaban J connectivity index is 0.000000161. The minimum atomic E-state index is -2.25. The van der Waals surface area contributed by atoms with Crippen molar-refractivity contribution in [1.29, 1.82) is 0 Å². The van der Waals surface area contributed by atoms with E-state index < -0.39 is 18.6 Å². The van der Waals surface area contributed by atoms with Gasteiger partial charge in [0.1, 0.15) is 10.4 Å². The molecular formula is C48H36IrN2OS2-2. The van der Waals surface area contributed by atoms with Gasteiger partial charge in [-0.1, -0.05) is 141 Å². The number of hydrogen-bond acceptors (Lipinski definition) is 5. The number of rotatable bonds is 4. The minimum Gasteiger partial charge on any atom is -0.500 e. The van der Waals surface area contributed by atoms with E-state index in [1.165, 1.54) is 26.2 Å². The molecule has 0 aliphatic carbocycles. The Morgan fingerprint density at radius 2 is 1.56 bits per heavy atom. The Kier molecular flexibility index (Phi) is 8.26. The first-order valence-electron chi connectivity index (χ1n) is 19.9. The number of nitrogens with zero attached hydrogens (tertiary/aromatic N) is 2. The molecule has 10 aromatic rings. The zero-order valence-electron chi connectivity index (χ0n) is 34.7. The van der Waals surface area contributed by atoms with Gasteiger partial charge in [0, 0.05) is 59.0 Å². The van der Waals surface area contributed by atoms with Crippen LogP contribution in [-0.4, -0.2) is 9.97 Å².